The fraction of sp³-hybridized carbons (Fsp3) is 0.533. The number of benzene rings is 1. The average molecular weight is 279 g/mol. The summed E-state index contributed by atoms with van der Waals surface area (Å²) < 4.78 is 10.4. The molecule has 0 aromatic heterocycles. The second kappa shape index (κ2) is 7.26. The van der Waals surface area contributed by atoms with E-state index in [1.54, 1.807) is 7.11 Å². The molecule has 0 unspecified atom stereocenters. The minimum absolute atomic E-state index is 0.00776. The Bertz CT molecular complexity index is 423. The first-order valence-electron chi connectivity index (χ1n) is 6.87. The fourth-order valence-electron chi connectivity index (χ4n) is 2.43. The number of aliphatic hydroxyl groups is 1. The zero-order valence-electron chi connectivity index (χ0n) is 11.6. The third kappa shape index (κ3) is 4.21. The first kappa shape index (κ1) is 14.8. The van der Waals surface area contributed by atoms with Crippen LogP contribution in [0, 0.1) is 0 Å². The fourth-order valence-corrected chi connectivity index (χ4v) is 2.43. The Balaban J connectivity index is 1.74. The number of methoxy groups -OCH3 is 1. The molecule has 0 aliphatic heterocycles. The highest BCUT2D eigenvalue weighted by atomic mass is 16.5. The van der Waals surface area contributed by atoms with Gasteiger partial charge in [0, 0.05) is 13.2 Å². The van der Waals surface area contributed by atoms with Crippen LogP contribution in [0.25, 0.3) is 0 Å². The van der Waals surface area contributed by atoms with Gasteiger partial charge in [0.2, 0.25) is 0 Å². The lowest BCUT2D eigenvalue weighted by Gasteiger charge is -2.32. The molecular weight excluding hydrogens is 258 g/mol. The zero-order valence-corrected chi connectivity index (χ0v) is 11.6. The Kier molecular flexibility index (Phi) is 5.38. The number of ether oxygens (including phenoxy) is 2. The Morgan fingerprint density at radius 2 is 2.10 bits per heavy atom. The molecule has 5 heteroatoms. The van der Waals surface area contributed by atoms with Crippen LogP contribution in [0.15, 0.2) is 30.3 Å². The molecule has 0 heterocycles. The number of hydrogen-bond donors (Lipinski definition) is 2. The second-order valence-corrected chi connectivity index (χ2v) is 5.06. The minimum Gasteiger partial charge on any atom is -0.445 e. The average Bonchev–Trinajstić information content (AvgIpc) is 2.48. The molecule has 2 rings (SSSR count). The highest BCUT2D eigenvalue weighted by Gasteiger charge is 2.30. The van der Waals surface area contributed by atoms with Crippen LogP contribution in [0.2, 0.25) is 0 Å². The van der Waals surface area contributed by atoms with Crippen LogP contribution in [0.3, 0.4) is 0 Å². The van der Waals surface area contributed by atoms with E-state index in [0.29, 0.717) is 12.8 Å². The zero-order chi connectivity index (χ0) is 14.4. The summed E-state index contributed by atoms with van der Waals surface area (Å²) in [4.78, 5) is 11.7. The molecule has 3 atom stereocenters. The van der Waals surface area contributed by atoms with Gasteiger partial charge in [-0.2, -0.15) is 0 Å². The van der Waals surface area contributed by atoms with E-state index in [1.165, 1.54) is 0 Å². The maximum atomic E-state index is 11.7. The van der Waals surface area contributed by atoms with E-state index >= 15 is 0 Å². The van der Waals surface area contributed by atoms with E-state index < -0.39 is 12.2 Å². The highest BCUT2D eigenvalue weighted by Crippen LogP contribution is 2.21. The molecule has 0 spiro atoms. The molecular formula is C15H21NO4. The number of rotatable bonds is 4. The highest BCUT2D eigenvalue weighted by molar-refractivity contribution is 5.67. The summed E-state index contributed by atoms with van der Waals surface area (Å²) in [5, 5.41) is 12.5. The normalized spacial score (nSPS) is 26.0. The Hall–Kier alpha value is -1.59. The van der Waals surface area contributed by atoms with Gasteiger partial charge >= 0.3 is 6.09 Å². The maximum Gasteiger partial charge on any atom is 0.407 e. The van der Waals surface area contributed by atoms with Crippen molar-refractivity contribution in [3.05, 3.63) is 35.9 Å². The van der Waals surface area contributed by atoms with E-state index in [2.05, 4.69) is 5.32 Å². The summed E-state index contributed by atoms with van der Waals surface area (Å²) in [7, 11) is 1.57. The molecule has 0 bridgehead atoms. The van der Waals surface area contributed by atoms with Crippen LogP contribution in [0.4, 0.5) is 4.79 Å². The van der Waals surface area contributed by atoms with Gasteiger partial charge in [-0.05, 0) is 24.8 Å². The molecule has 5 nitrogen and oxygen atoms in total. The number of carbonyl (C=O) groups excluding carboxylic acids is 1. The van der Waals surface area contributed by atoms with E-state index in [-0.39, 0.29) is 18.8 Å². The van der Waals surface area contributed by atoms with Gasteiger partial charge in [-0.25, -0.2) is 4.79 Å². The third-order valence-electron chi connectivity index (χ3n) is 3.59. The van der Waals surface area contributed by atoms with Gasteiger partial charge in [0.1, 0.15) is 6.61 Å². The van der Waals surface area contributed by atoms with Crippen molar-refractivity contribution in [2.24, 2.45) is 0 Å². The number of alkyl carbamates (subject to hydrolysis) is 1. The Morgan fingerprint density at radius 3 is 2.80 bits per heavy atom. The lowest BCUT2D eigenvalue weighted by Crippen LogP contribution is -2.45. The molecule has 1 aliphatic rings. The summed E-state index contributed by atoms with van der Waals surface area (Å²) in [6.07, 6.45) is 0.883. The molecule has 1 aromatic rings. The van der Waals surface area contributed by atoms with Crippen molar-refractivity contribution in [1.29, 1.82) is 0 Å². The first-order chi connectivity index (χ1) is 9.69. The van der Waals surface area contributed by atoms with Gasteiger partial charge < -0.3 is 19.9 Å². The van der Waals surface area contributed by atoms with Gasteiger partial charge in [-0.15, -0.1) is 0 Å². The predicted molar refractivity (Wildman–Crippen MR) is 74.2 cm³/mol. The number of aliphatic hydroxyl groups excluding tert-OH is 1. The largest absolute Gasteiger partial charge is 0.445 e. The molecule has 2 N–H and O–H groups in total. The van der Waals surface area contributed by atoms with Crippen molar-refractivity contribution < 1.29 is 19.4 Å². The van der Waals surface area contributed by atoms with Gasteiger partial charge in [-0.3, -0.25) is 0 Å². The topological polar surface area (TPSA) is 67.8 Å². The lowest BCUT2D eigenvalue weighted by molar-refractivity contribution is -0.0437. The molecule has 20 heavy (non-hydrogen) atoms. The standard InChI is InChI=1S/C15H21NO4/c1-19-14-9-12(7-8-13(14)17)16-15(18)20-10-11-5-3-2-4-6-11/h2-6,12-14,17H,7-10H2,1H3,(H,16,18)/t12-,13+,14+/m0/s1. The van der Waals surface area contributed by atoms with Crippen LogP contribution in [-0.4, -0.2) is 36.6 Å². The third-order valence-corrected chi connectivity index (χ3v) is 3.59. The smallest absolute Gasteiger partial charge is 0.407 e. The summed E-state index contributed by atoms with van der Waals surface area (Å²) in [6, 6.07) is 9.54. The van der Waals surface area contributed by atoms with Crippen molar-refractivity contribution in [1.82, 2.24) is 5.32 Å². The Labute approximate surface area is 118 Å². The van der Waals surface area contributed by atoms with Crippen LogP contribution in [-0.2, 0) is 16.1 Å². The predicted octanol–water partition coefficient (Wildman–Crippen LogP) is 1.84. The second-order valence-electron chi connectivity index (χ2n) is 5.06. The molecule has 0 radical (unpaired) electrons. The minimum atomic E-state index is -0.446. The SMILES string of the molecule is CO[C@@H]1C[C@@H](NC(=O)OCc2ccccc2)CC[C@H]1O. The summed E-state index contributed by atoms with van der Waals surface area (Å²) in [5.74, 6) is 0. The summed E-state index contributed by atoms with van der Waals surface area (Å²) in [5.41, 5.74) is 0.955. The first-order valence-corrected chi connectivity index (χ1v) is 6.87. The van der Waals surface area contributed by atoms with Crippen molar-refractivity contribution in [3.8, 4) is 0 Å². The molecule has 1 amide bonds. The Morgan fingerprint density at radius 1 is 1.35 bits per heavy atom. The van der Waals surface area contributed by atoms with Gasteiger partial charge in [0.15, 0.2) is 0 Å². The van der Waals surface area contributed by atoms with Crippen molar-refractivity contribution in [3.63, 3.8) is 0 Å². The lowest BCUT2D eigenvalue weighted by atomic mass is 9.90. The molecule has 1 fully saturated rings. The number of amides is 1. The van der Waals surface area contributed by atoms with Crippen molar-refractivity contribution >= 4 is 6.09 Å². The van der Waals surface area contributed by atoms with Crippen LogP contribution in [0.5, 0.6) is 0 Å². The molecule has 1 saturated carbocycles. The van der Waals surface area contributed by atoms with Crippen molar-refractivity contribution in [2.75, 3.05) is 7.11 Å². The summed E-state index contributed by atoms with van der Waals surface area (Å²) in [6.45, 7) is 0.260. The van der Waals surface area contributed by atoms with Crippen molar-refractivity contribution in [2.45, 2.75) is 44.1 Å². The summed E-state index contributed by atoms with van der Waals surface area (Å²) >= 11 is 0. The van der Waals surface area contributed by atoms with E-state index in [1.807, 2.05) is 30.3 Å². The number of nitrogens with one attached hydrogen (secondary N) is 1. The molecule has 1 aliphatic carbocycles. The molecule has 1 aromatic carbocycles. The van der Waals surface area contributed by atoms with E-state index in [0.717, 1.165) is 12.0 Å². The van der Waals surface area contributed by atoms with E-state index in [9.17, 15) is 9.90 Å². The monoisotopic (exact) mass is 279 g/mol. The maximum absolute atomic E-state index is 11.7. The number of carbonyl (C=O) groups is 1. The molecule has 110 valence electrons. The van der Waals surface area contributed by atoms with Gasteiger partial charge in [0.05, 0.1) is 12.2 Å². The quantitative estimate of drug-likeness (QED) is 0.882. The molecule has 0 saturated heterocycles. The van der Waals surface area contributed by atoms with Gasteiger partial charge in [-0.1, -0.05) is 30.3 Å². The van der Waals surface area contributed by atoms with E-state index in [4.69, 9.17) is 9.47 Å². The van der Waals surface area contributed by atoms with Crippen LogP contribution >= 0.6 is 0 Å². The van der Waals surface area contributed by atoms with Crippen LogP contribution in [0.1, 0.15) is 24.8 Å². The van der Waals surface area contributed by atoms with Gasteiger partial charge in [0.25, 0.3) is 0 Å². The number of hydrogen-bond acceptors (Lipinski definition) is 4. The van der Waals surface area contributed by atoms with Crippen LogP contribution < -0.4 is 5.32 Å².